The Morgan fingerprint density at radius 3 is 1.54 bits per heavy atom. The van der Waals surface area contributed by atoms with Crippen LogP contribution in [-0.2, 0) is 76.7 Å². The normalized spacial score (nSPS) is 14.4. The molecule has 0 radical (unpaired) electrons. The van der Waals surface area contributed by atoms with Crippen molar-refractivity contribution in [3.05, 3.63) is 114 Å². The highest BCUT2D eigenvalue weighted by Crippen LogP contribution is 2.27. The second-order valence-corrected chi connectivity index (χ2v) is 22.0. The van der Waals surface area contributed by atoms with Gasteiger partial charge < -0.3 is 113 Å². The minimum atomic E-state index is -1.42. The van der Waals surface area contributed by atoms with Crippen molar-refractivity contribution in [2.75, 3.05) is 19.8 Å². The van der Waals surface area contributed by atoms with Crippen molar-refractivity contribution in [3.63, 3.8) is 0 Å². The van der Waals surface area contributed by atoms with E-state index in [1.54, 1.807) is 24.3 Å². The highest BCUT2D eigenvalue weighted by Gasteiger charge is 2.25. The summed E-state index contributed by atoms with van der Waals surface area (Å²) in [6, 6.07) is 20.7. The van der Waals surface area contributed by atoms with Crippen LogP contribution < -0.4 is 67.4 Å². The highest BCUT2D eigenvalue weighted by atomic mass is 16.6. The molecule has 29 N–H and O–H groups in total. The third-order valence-electron chi connectivity index (χ3n) is 13.3. The summed E-state index contributed by atoms with van der Waals surface area (Å²) >= 11 is 0. The largest absolute Gasteiger partial charge is 0.480 e. The van der Waals surface area contributed by atoms with Gasteiger partial charge in [0.15, 0.2) is 5.96 Å². The maximum atomic E-state index is 11.9. The molecule has 4 aromatic carbocycles. The topological polar surface area (TPSA) is 636 Å². The zero-order valence-electron chi connectivity index (χ0n) is 52.6. The molecule has 0 aromatic heterocycles. The number of carboxylic acids is 6. The Labute approximate surface area is 543 Å². The first kappa shape index (κ1) is 84.9. The van der Waals surface area contributed by atoms with Crippen molar-refractivity contribution in [1.82, 2.24) is 5.32 Å². The molecule has 32 heteroatoms. The number of hydrogen-bond acceptors (Lipinski definition) is 24. The lowest BCUT2D eigenvalue weighted by atomic mass is 9.85. The van der Waals surface area contributed by atoms with E-state index in [-0.39, 0.29) is 24.7 Å². The molecule has 0 amide bonds. The van der Waals surface area contributed by atoms with Crippen molar-refractivity contribution in [1.29, 1.82) is 5.41 Å². The molecule has 9 atom stereocenters. The minimum absolute atomic E-state index is 0.169. The van der Waals surface area contributed by atoms with E-state index in [2.05, 4.69) is 10.1 Å². The molecule has 0 spiro atoms. The maximum Gasteiger partial charge on any atom is 0.330 e. The molecule has 0 bridgehead atoms. The van der Waals surface area contributed by atoms with Crippen molar-refractivity contribution in [2.24, 2.45) is 69.2 Å². The van der Waals surface area contributed by atoms with Gasteiger partial charge >= 0.3 is 59.7 Å². The molecule has 1 aliphatic carbocycles. The van der Waals surface area contributed by atoms with Crippen LogP contribution >= 0.6 is 0 Å². The first-order chi connectivity index (χ1) is 44.1. The van der Waals surface area contributed by atoms with Crippen LogP contribution in [0.3, 0.4) is 0 Å². The van der Waals surface area contributed by atoms with Crippen LogP contribution in [0.2, 0.25) is 0 Å². The molecule has 1 fully saturated rings. The van der Waals surface area contributed by atoms with Crippen LogP contribution in [0.25, 0.3) is 10.8 Å². The number of aliphatic hydroxyl groups excluding tert-OH is 1. The van der Waals surface area contributed by atoms with Crippen molar-refractivity contribution in [3.8, 4) is 5.75 Å². The summed E-state index contributed by atoms with van der Waals surface area (Å²) in [5.74, 6) is -8.86. The Bertz CT molecular complexity index is 2990. The second-order valence-electron chi connectivity index (χ2n) is 22.0. The molecule has 0 unspecified atom stereocenters. The maximum absolute atomic E-state index is 11.9. The van der Waals surface area contributed by atoms with Crippen LogP contribution in [0.15, 0.2) is 97.1 Å². The van der Waals surface area contributed by atoms with Crippen molar-refractivity contribution in [2.45, 2.75) is 152 Å². The number of carboxylic acid groups (broad SMARTS) is 6. The molecule has 94 heavy (non-hydrogen) atoms. The van der Waals surface area contributed by atoms with Gasteiger partial charge in [0.2, 0.25) is 0 Å². The lowest BCUT2D eigenvalue weighted by Gasteiger charge is -2.22. The van der Waals surface area contributed by atoms with Gasteiger partial charge in [0.05, 0.1) is 13.0 Å². The van der Waals surface area contributed by atoms with E-state index in [1.807, 2.05) is 86.6 Å². The second kappa shape index (κ2) is 46.9. The number of fused-ring (bicyclic) bond motifs is 1. The van der Waals surface area contributed by atoms with Crippen molar-refractivity contribution < 1.29 is 97.9 Å². The van der Waals surface area contributed by atoms with Gasteiger partial charge in [-0.1, -0.05) is 131 Å². The smallest absolute Gasteiger partial charge is 0.330 e. The summed E-state index contributed by atoms with van der Waals surface area (Å²) in [5, 5.41) is 70.5. The highest BCUT2D eigenvalue weighted by molar-refractivity contribution is 5.91. The van der Waals surface area contributed by atoms with Crippen molar-refractivity contribution >= 4 is 76.4 Å². The number of esters is 4. The lowest BCUT2D eigenvalue weighted by molar-refractivity contribution is -0.162. The Kier molecular flexibility index (Phi) is 42.4. The number of ether oxygens (including phenoxy) is 3. The van der Waals surface area contributed by atoms with Gasteiger partial charge in [0.25, 0.3) is 0 Å². The number of hydrogen-bond donors (Lipinski definition) is 19. The van der Waals surface area contributed by atoms with Crippen LogP contribution in [0.4, 0.5) is 0 Å². The summed E-state index contributed by atoms with van der Waals surface area (Å²) in [7, 11) is 0. The molecule has 5 rings (SSSR count). The fourth-order valence-electron chi connectivity index (χ4n) is 8.05. The van der Waals surface area contributed by atoms with Gasteiger partial charge in [-0.15, -0.1) is 0 Å². The fraction of sp³-hybridized carbons (Fsp3) is 0.468. The quantitative estimate of drug-likeness (QED) is 0.00808. The molecule has 522 valence electrons. The first-order valence-electron chi connectivity index (χ1n) is 29.7. The Balaban J connectivity index is 0.00000115. The fourth-order valence-corrected chi connectivity index (χ4v) is 8.05. The third-order valence-corrected chi connectivity index (χ3v) is 13.3. The van der Waals surface area contributed by atoms with Gasteiger partial charge in [-0.3, -0.25) is 43.8 Å². The zero-order valence-corrected chi connectivity index (χ0v) is 52.6. The molecule has 0 saturated heterocycles. The van der Waals surface area contributed by atoms with Crippen LogP contribution in [0, 0.1) is 17.2 Å². The molecular formula is C62H94N12O20. The van der Waals surface area contributed by atoms with E-state index >= 15 is 0 Å². The lowest BCUT2D eigenvalue weighted by Crippen LogP contribution is -2.40. The van der Waals surface area contributed by atoms with Gasteiger partial charge in [-0.2, -0.15) is 0 Å². The van der Waals surface area contributed by atoms with Crippen LogP contribution in [0.5, 0.6) is 5.75 Å². The predicted octanol–water partition coefficient (Wildman–Crippen LogP) is -0.566. The average molecular weight is 1330 g/mol. The van der Waals surface area contributed by atoms with E-state index in [9.17, 15) is 47.9 Å². The number of nitrogens with one attached hydrogen (secondary N) is 2. The van der Waals surface area contributed by atoms with Gasteiger partial charge in [0, 0.05) is 6.54 Å². The molecule has 32 nitrogen and oxygen atoms in total. The summed E-state index contributed by atoms with van der Waals surface area (Å²) in [6.45, 7) is 3.33. The summed E-state index contributed by atoms with van der Waals surface area (Å²) in [6.07, 6.45) is 8.29. The monoisotopic (exact) mass is 1330 g/mol. The average Bonchev–Trinajstić information content (AvgIpc) is 0.845. The van der Waals surface area contributed by atoms with Crippen LogP contribution in [-0.4, -0.2) is 176 Å². The molecule has 4 aromatic rings. The zero-order chi connectivity index (χ0) is 71.6. The Morgan fingerprint density at radius 2 is 1.03 bits per heavy atom. The van der Waals surface area contributed by atoms with Gasteiger partial charge in [-0.25, -0.2) is 9.59 Å². The van der Waals surface area contributed by atoms with E-state index < -0.39 is 134 Å². The van der Waals surface area contributed by atoms with Crippen LogP contribution in [0.1, 0.15) is 94.7 Å². The van der Waals surface area contributed by atoms with Gasteiger partial charge in [0.1, 0.15) is 66.7 Å². The number of carbonyl (C=O) groups is 10. The minimum Gasteiger partial charge on any atom is -0.480 e. The molecule has 0 heterocycles. The van der Waals surface area contributed by atoms with E-state index in [4.69, 9.17) is 108 Å². The number of carbonyl (C=O) groups excluding carboxylic acids is 4. The van der Waals surface area contributed by atoms with E-state index in [0.29, 0.717) is 55.9 Å². The number of aliphatic hydroxyl groups is 1. The number of guanidine groups is 1. The Morgan fingerprint density at radius 1 is 0.532 bits per heavy atom. The van der Waals surface area contributed by atoms with E-state index in [0.717, 1.165) is 21.9 Å². The SMILES string of the molecule is CC(C)C[C@H](N)C(=O)Oc1ccc(C[C@H](N)C(=O)OC[C@@H](N)C(=O)O)cc1.N=C(N)NCCC[C@@H](N)C(=O)OC(=O)C[C@H](N)C(=O)O.N[C@@H](CC1CCCCC1)C(=O)O.N[C@@H](CO)C(=O)O.N[C@@H](Cc1cccc2ccccc12)C(=O)O.N[C@@H](Cc1ccccc1)C(=O)O. The summed E-state index contributed by atoms with van der Waals surface area (Å²) in [4.78, 5) is 108. The Hall–Kier alpha value is -9.09. The predicted molar refractivity (Wildman–Crippen MR) is 345 cm³/mol. The van der Waals surface area contributed by atoms with Gasteiger partial charge in [-0.05, 0) is 96.4 Å². The molecule has 1 saturated carbocycles. The summed E-state index contributed by atoms with van der Waals surface area (Å²) < 4.78 is 14.4. The first-order valence-corrected chi connectivity index (χ1v) is 29.7. The molecular weight excluding hydrogens is 1230 g/mol. The summed E-state index contributed by atoms with van der Waals surface area (Å²) in [5.41, 5.74) is 56.2. The third kappa shape index (κ3) is 38.7. The number of nitrogens with two attached hydrogens (primary N) is 10. The number of aliphatic carboxylic acids is 6. The standard InChI is InChI=1S/C18H27N3O6.C13H13NO2.C10H19N5O5.C9H17NO2.C9H11NO2.C3H7NO3/c1-10(2)7-13(19)18(25)27-12-5-3-11(4-6-12)8-14(20)17(24)26-9-15(21)16(22)23;14-12(13(15)16)8-10-6-3-5-9-4-1-2-7-11(9)10;11-5(2-1-3-15-10(13)14)9(19)20-7(16)4-6(12)8(17)18;2*10-8(9(11)12)6-7-4-2-1-3-5-7;4-2(1-5)3(6)7/h3-6,10,13-15H,7-9,19-21H2,1-2H3,(H,22,23);1-7,12H,8,14H2,(H,15,16);5-6H,1-4,11-12H2,(H,17,18)(H4,13,14,15);7-8H,1-6,10H2,(H,11,12);1-5,8H,6,10H2,(H,11,12);2,5H,1,4H2,(H,6,7)/t13-,14-,15+;12-;5-,6+;2*8-;2-/m001000/s1. The molecule has 1 aliphatic rings. The number of rotatable bonds is 29. The molecule has 0 aliphatic heterocycles. The van der Waals surface area contributed by atoms with E-state index in [1.165, 1.54) is 32.1 Å². The number of benzene rings is 4.